The normalized spacial score (nSPS) is 10.6. The lowest BCUT2D eigenvalue weighted by Gasteiger charge is -2.24. The fourth-order valence-electron chi connectivity index (χ4n) is 2.33. The number of rotatable bonds is 6. The van der Waals surface area contributed by atoms with Crippen LogP contribution in [0.3, 0.4) is 0 Å². The summed E-state index contributed by atoms with van der Waals surface area (Å²) < 4.78 is 0. The maximum atomic E-state index is 9.14. The van der Waals surface area contributed by atoms with Crippen molar-refractivity contribution < 1.29 is 10.2 Å². The summed E-state index contributed by atoms with van der Waals surface area (Å²) >= 11 is 0. The van der Waals surface area contributed by atoms with Crippen LogP contribution in [-0.4, -0.2) is 36.5 Å². The molecule has 0 aliphatic carbocycles. The van der Waals surface area contributed by atoms with E-state index in [4.69, 9.17) is 21.7 Å². The largest absolute Gasteiger partial charge is 0.398 e. The number of nitrogens with two attached hydrogens (primary N) is 2. The number of hydrogen-bond donors (Lipinski definition) is 4. The molecule has 6 N–H and O–H groups in total. The molecule has 0 aliphatic heterocycles. The molecule has 0 heterocycles. The lowest BCUT2D eigenvalue weighted by atomic mass is 10.0. The molecule has 5 heteroatoms. The van der Waals surface area contributed by atoms with E-state index < -0.39 is 0 Å². The molecule has 0 aromatic heterocycles. The van der Waals surface area contributed by atoms with Gasteiger partial charge in [0.2, 0.25) is 0 Å². The molecule has 21 heavy (non-hydrogen) atoms. The van der Waals surface area contributed by atoms with Gasteiger partial charge in [-0.15, -0.1) is 0 Å². The predicted octanol–water partition coefficient (Wildman–Crippen LogP) is 1.31. The smallest absolute Gasteiger partial charge is 0.0606 e. The van der Waals surface area contributed by atoms with Crippen molar-refractivity contribution in [2.45, 2.75) is 0 Å². The molecule has 0 bridgehead atoms. The summed E-state index contributed by atoms with van der Waals surface area (Å²) in [5, 5.41) is 18.3. The first-order valence-corrected chi connectivity index (χ1v) is 6.88. The van der Waals surface area contributed by atoms with Gasteiger partial charge in [0, 0.05) is 41.3 Å². The minimum absolute atomic E-state index is 0.0210. The van der Waals surface area contributed by atoms with Crippen molar-refractivity contribution in [1.29, 1.82) is 0 Å². The van der Waals surface area contributed by atoms with Crippen molar-refractivity contribution in [3.05, 3.63) is 42.5 Å². The maximum absolute atomic E-state index is 9.14. The van der Waals surface area contributed by atoms with Crippen LogP contribution in [0.4, 0.5) is 17.1 Å². The van der Waals surface area contributed by atoms with Crippen molar-refractivity contribution in [3.63, 3.8) is 0 Å². The summed E-state index contributed by atoms with van der Waals surface area (Å²) in [6, 6.07) is 13.2. The van der Waals surface area contributed by atoms with E-state index in [2.05, 4.69) is 0 Å². The maximum Gasteiger partial charge on any atom is 0.0606 e. The van der Waals surface area contributed by atoms with E-state index in [0.29, 0.717) is 24.5 Å². The molecule has 2 rings (SSSR count). The summed E-state index contributed by atoms with van der Waals surface area (Å²) in [4.78, 5) is 1.90. The van der Waals surface area contributed by atoms with Gasteiger partial charge in [0.1, 0.15) is 0 Å². The van der Waals surface area contributed by atoms with Crippen LogP contribution in [0.5, 0.6) is 0 Å². The first kappa shape index (κ1) is 15.2. The van der Waals surface area contributed by atoms with Gasteiger partial charge in [0.15, 0.2) is 0 Å². The quantitative estimate of drug-likeness (QED) is 0.601. The van der Waals surface area contributed by atoms with Crippen LogP contribution < -0.4 is 16.4 Å². The second kappa shape index (κ2) is 6.97. The summed E-state index contributed by atoms with van der Waals surface area (Å²) in [5.41, 5.74) is 16.0. The van der Waals surface area contributed by atoms with Crippen LogP contribution >= 0.6 is 0 Å². The number of benzene rings is 2. The molecule has 2 aromatic rings. The zero-order valence-corrected chi connectivity index (χ0v) is 11.9. The van der Waals surface area contributed by atoms with Gasteiger partial charge in [-0.05, 0) is 24.3 Å². The van der Waals surface area contributed by atoms with Gasteiger partial charge in [-0.3, -0.25) is 0 Å². The van der Waals surface area contributed by atoms with Crippen LogP contribution in [0.15, 0.2) is 42.5 Å². The van der Waals surface area contributed by atoms with Crippen LogP contribution in [0.1, 0.15) is 0 Å². The third-order valence-corrected chi connectivity index (χ3v) is 3.39. The highest BCUT2D eigenvalue weighted by Crippen LogP contribution is 2.33. The molecular formula is C16H21N3O2. The molecule has 0 amide bonds. The minimum Gasteiger partial charge on any atom is -0.398 e. The topological polar surface area (TPSA) is 95.7 Å². The molecule has 0 fully saturated rings. The molecule has 0 radical (unpaired) electrons. The number of aliphatic hydroxyl groups excluding tert-OH is 2. The lowest BCUT2D eigenvalue weighted by molar-refractivity contribution is 0.281. The molecule has 0 unspecified atom stereocenters. The second-order valence-corrected chi connectivity index (χ2v) is 4.79. The molecule has 2 aromatic carbocycles. The first-order valence-electron chi connectivity index (χ1n) is 6.88. The highest BCUT2D eigenvalue weighted by Gasteiger charge is 2.11. The Balaban J connectivity index is 2.43. The monoisotopic (exact) mass is 287 g/mol. The van der Waals surface area contributed by atoms with Crippen molar-refractivity contribution in [2.75, 3.05) is 42.7 Å². The summed E-state index contributed by atoms with van der Waals surface area (Å²) in [7, 11) is 0. The second-order valence-electron chi connectivity index (χ2n) is 4.79. The average Bonchev–Trinajstić information content (AvgIpc) is 2.48. The van der Waals surface area contributed by atoms with E-state index in [1.807, 2.05) is 47.4 Å². The van der Waals surface area contributed by atoms with Gasteiger partial charge < -0.3 is 26.6 Å². The standard InChI is InChI=1S/C16H21N3O2/c17-15-4-2-1-3-13(15)14-11-12(5-6-16(14)18)19(7-9-20)8-10-21/h1-6,11,20-21H,7-10,17-18H2. The first-order chi connectivity index (χ1) is 10.2. The number of nitrogens with zero attached hydrogens (tertiary/aromatic N) is 1. The Bertz CT molecular complexity index is 596. The number of para-hydroxylation sites is 1. The van der Waals surface area contributed by atoms with E-state index in [0.717, 1.165) is 16.8 Å². The lowest BCUT2D eigenvalue weighted by Crippen LogP contribution is -2.29. The van der Waals surface area contributed by atoms with E-state index in [1.54, 1.807) is 0 Å². The fourth-order valence-corrected chi connectivity index (χ4v) is 2.33. The number of anilines is 3. The van der Waals surface area contributed by atoms with Gasteiger partial charge in [-0.25, -0.2) is 0 Å². The Morgan fingerprint density at radius 3 is 2.05 bits per heavy atom. The summed E-state index contributed by atoms with van der Waals surface area (Å²) in [5.74, 6) is 0. The number of nitrogen functional groups attached to an aromatic ring is 2. The highest BCUT2D eigenvalue weighted by molar-refractivity contribution is 5.86. The average molecular weight is 287 g/mol. The molecular weight excluding hydrogens is 266 g/mol. The molecule has 0 saturated heterocycles. The Hall–Kier alpha value is -2.24. The zero-order valence-electron chi connectivity index (χ0n) is 11.9. The number of aliphatic hydroxyl groups is 2. The van der Waals surface area contributed by atoms with Crippen LogP contribution in [0.25, 0.3) is 11.1 Å². The molecule has 0 saturated carbocycles. The molecule has 5 nitrogen and oxygen atoms in total. The van der Waals surface area contributed by atoms with Gasteiger partial charge >= 0.3 is 0 Å². The van der Waals surface area contributed by atoms with Crippen LogP contribution in [-0.2, 0) is 0 Å². The van der Waals surface area contributed by atoms with E-state index in [-0.39, 0.29) is 13.2 Å². The van der Waals surface area contributed by atoms with E-state index >= 15 is 0 Å². The van der Waals surface area contributed by atoms with Gasteiger partial charge in [-0.2, -0.15) is 0 Å². The molecule has 0 aliphatic rings. The van der Waals surface area contributed by atoms with Crippen molar-refractivity contribution in [1.82, 2.24) is 0 Å². The zero-order chi connectivity index (χ0) is 15.2. The molecule has 0 spiro atoms. The van der Waals surface area contributed by atoms with Gasteiger partial charge in [-0.1, -0.05) is 18.2 Å². The van der Waals surface area contributed by atoms with Crippen molar-refractivity contribution >= 4 is 17.1 Å². The van der Waals surface area contributed by atoms with Gasteiger partial charge in [0.05, 0.1) is 13.2 Å². The highest BCUT2D eigenvalue weighted by atomic mass is 16.3. The van der Waals surface area contributed by atoms with Crippen molar-refractivity contribution in [3.8, 4) is 11.1 Å². The summed E-state index contributed by atoms with van der Waals surface area (Å²) in [6.45, 7) is 0.947. The number of hydrogen-bond acceptors (Lipinski definition) is 5. The van der Waals surface area contributed by atoms with Gasteiger partial charge in [0.25, 0.3) is 0 Å². The Morgan fingerprint density at radius 1 is 0.810 bits per heavy atom. The Labute approximate surface area is 124 Å². The predicted molar refractivity (Wildman–Crippen MR) is 87.1 cm³/mol. The third kappa shape index (κ3) is 3.45. The van der Waals surface area contributed by atoms with E-state index in [1.165, 1.54) is 0 Å². The molecule has 112 valence electrons. The Kier molecular flexibility index (Phi) is 5.03. The molecule has 0 atom stereocenters. The van der Waals surface area contributed by atoms with E-state index in [9.17, 15) is 0 Å². The fraction of sp³-hybridized carbons (Fsp3) is 0.250. The van der Waals surface area contributed by atoms with Crippen molar-refractivity contribution in [2.24, 2.45) is 0 Å². The summed E-state index contributed by atoms with van der Waals surface area (Å²) in [6.07, 6.45) is 0. The SMILES string of the molecule is Nc1ccccc1-c1cc(N(CCO)CCO)ccc1N. The van der Waals surface area contributed by atoms with Crippen LogP contribution in [0.2, 0.25) is 0 Å². The minimum atomic E-state index is 0.0210. The Morgan fingerprint density at radius 2 is 1.43 bits per heavy atom. The third-order valence-electron chi connectivity index (χ3n) is 3.39. The van der Waals surface area contributed by atoms with Crippen LogP contribution in [0, 0.1) is 0 Å².